The third kappa shape index (κ3) is 8.89. The zero-order valence-electron chi connectivity index (χ0n) is 25.3. The van der Waals surface area contributed by atoms with Gasteiger partial charge in [-0.2, -0.15) is 17.6 Å². The van der Waals surface area contributed by atoms with Crippen molar-refractivity contribution in [2.24, 2.45) is 0 Å². The largest absolute Gasteiger partial charge is 0.435 e. The van der Waals surface area contributed by atoms with Crippen LogP contribution >= 0.6 is 11.6 Å². The van der Waals surface area contributed by atoms with Crippen LogP contribution in [0.3, 0.4) is 0 Å². The molecule has 0 fully saturated rings. The van der Waals surface area contributed by atoms with Crippen molar-refractivity contribution in [3.05, 3.63) is 125 Å². The van der Waals surface area contributed by atoms with Crippen LogP contribution in [0.1, 0.15) is 36.6 Å². The average molecular weight is 652 g/mol. The Morgan fingerprint density at radius 3 is 1.80 bits per heavy atom. The molecule has 240 valence electrons. The fourth-order valence-corrected chi connectivity index (χ4v) is 5.52. The lowest BCUT2D eigenvalue weighted by Crippen LogP contribution is -2.24. The Balaban J connectivity index is 1.57. The quantitative estimate of drug-likeness (QED) is 0.106. The van der Waals surface area contributed by atoms with Gasteiger partial charge in [0.2, 0.25) is 0 Å². The topological polar surface area (TPSA) is 39.5 Å². The fourth-order valence-electron chi connectivity index (χ4n) is 5.33. The van der Waals surface area contributed by atoms with Gasteiger partial charge in [-0.05, 0) is 53.9 Å². The van der Waals surface area contributed by atoms with Crippen LogP contribution in [0, 0.1) is 0 Å². The maximum absolute atomic E-state index is 12.8. The van der Waals surface area contributed by atoms with E-state index in [4.69, 9.17) is 16.6 Å². The summed E-state index contributed by atoms with van der Waals surface area (Å²) >= 11 is 6.44. The molecule has 5 aromatic rings. The second-order valence-electron chi connectivity index (χ2n) is 10.8. The Morgan fingerprint density at radius 1 is 0.717 bits per heavy atom. The lowest BCUT2D eigenvalue weighted by atomic mass is 10.1. The van der Waals surface area contributed by atoms with Gasteiger partial charge in [0, 0.05) is 42.3 Å². The molecule has 0 amide bonds. The van der Waals surface area contributed by atoms with Gasteiger partial charge in [-0.3, -0.25) is 4.90 Å². The van der Waals surface area contributed by atoms with Crippen LogP contribution in [0.2, 0.25) is 5.02 Å². The van der Waals surface area contributed by atoms with Gasteiger partial charge in [0.15, 0.2) is 0 Å². The number of ether oxygens (including phenoxy) is 2. The molecule has 4 aromatic carbocycles. The van der Waals surface area contributed by atoms with E-state index in [2.05, 4.69) is 25.9 Å². The van der Waals surface area contributed by atoms with Crippen LogP contribution < -0.4 is 9.47 Å². The summed E-state index contributed by atoms with van der Waals surface area (Å²) in [6, 6.07) is 30.8. The molecular formula is C36H34ClF4N3O2. The Morgan fingerprint density at radius 2 is 1.28 bits per heavy atom. The van der Waals surface area contributed by atoms with Crippen molar-refractivity contribution < 1.29 is 27.0 Å². The highest BCUT2D eigenvalue weighted by Gasteiger charge is 2.22. The summed E-state index contributed by atoms with van der Waals surface area (Å²) in [5, 5.41) is 0.599. The maximum Gasteiger partial charge on any atom is 0.387 e. The number of hydrogen-bond donors (Lipinski definition) is 0. The smallest absolute Gasteiger partial charge is 0.387 e. The second kappa shape index (κ2) is 15.8. The van der Waals surface area contributed by atoms with Gasteiger partial charge in [0.05, 0.1) is 11.4 Å². The number of hydrogen-bond acceptors (Lipinski definition) is 4. The second-order valence-corrected chi connectivity index (χ2v) is 11.2. The van der Waals surface area contributed by atoms with E-state index in [1.807, 2.05) is 54.6 Å². The van der Waals surface area contributed by atoms with Gasteiger partial charge >= 0.3 is 13.2 Å². The fraction of sp³-hybridized carbons (Fsp3) is 0.250. The van der Waals surface area contributed by atoms with E-state index in [-0.39, 0.29) is 11.5 Å². The van der Waals surface area contributed by atoms with Crippen molar-refractivity contribution in [3.63, 3.8) is 0 Å². The summed E-state index contributed by atoms with van der Waals surface area (Å²) in [6.45, 7) is -1.55. The first-order valence-corrected chi connectivity index (χ1v) is 15.4. The van der Waals surface area contributed by atoms with Crippen LogP contribution in [0.4, 0.5) is 17.6 Å². The number of nitrogens with zero attached hydrogens (tertiary/aromatic N) is 3. The monoisotopic (exact) mass is 651 g/mol. The molecule has 1 heterocycles. The van der Waals surface area contributed by atoms with Crippen molar-refractivity contribution in [2.45, 2.75) is 59.2 Å². The van der Waals surface area contributed by atoms with Crippen LogP contribution in [0.15, 0.2) is 103 Å². The molecule has 5 rings (SSSR count). The summed E-state index contributed by atoms with van der Waals surface area (Å²) in [5.74, 6) is 1.00. The lowest BCUT2D eigenvalue weighted by molar-refractivity contribution is -0.0505. The number of rotatable bonds is 15. The number of imidazole rings is 1. The van der Waals surface area contributed by atoms with Crippen molar-refractivity contribution in [1.82, 2.24) is 14.5 Å². The first kappa shape index (κ1) is 33.0. The zero-order chi connectivity index (χ0) is 32.5. The minimum absolute atomic E-state index is 0.0771. The number of alkyl halides is 4. The van der Waals surface area contributed by atoms with Crippen LogP contribution in [-0.4, -0.2) is 27.7 Å². The number of unbranched alkanes of at least 4 members (excludes halogenated alkanes) is 1. The summed E-state index contributed by atoms with van der Waals surface area (Å²) in [4.78, 5) is 7.40. The highest BCUT2D eigenvalue weighted by atomic mass is 35.5. The molecule has 0 bridgehead atoms. The molecule has 10 heteroatoms. The van der Waals surface area contributed by atoms with E-state index in [1.54, 1.807) is 24.3 Å². The molecule has 0 saturated heterocycles. The summed E-state index contributed by atoms with van der Waals surface area (Å²) in [5.41, 5.74) is 5.44. The Bertz CT molecular complexity index is 1630. The van der Waals surface area contributed by atoms with Gasteiger partial charge in [-0.1, -0.05) is 91.7 Å². The Labute approximate surface area is 271 Å². The molecule has 1 aromatic heterocycles. The molecule has 5 nitrogen and oxygen atoms in total. The van der Waals surface area contributed by atoms with Crippen molar-refractivity contribution in [3.8, 4) is 34.1 Å². The molecule has 0 radical (unpaired) electrons. The van der Waals surface area contributed by atoms with Crippen molar-refractivity contribution >= 4 is 11.6 Å². The third-order valence-corrected chi connectivity index (χ3v) is 7.66. The van der Waals surface area contributed by atoms with Crippen LogP contribution in [-0.2, 0) is 26.2 Å². The standard InChI is InChI=1S/C36H34ClF4N3O2/c1-2-3-20-44-32(33(28-10-7-11-29(37)21-28)42-34(44)27-8-5-4-6-9-27)24-43(22-25-12-16-30(17-13-25)45-35(38)39)23-26-14-18-31(19-15-26)46-36(40)41/h4-19,21,35-36H,2-3,20,22-24H2,1H3. The predicted octanol–water partition coefficient (Wildman–Crippen LogP) is 10.1. The molecule has 0 N–H and O–H groups in total. The van der Waals surface area contributed by atoms with Crippen LogP contribution in [0.25, 0.3) is 22.6 Å². The Kier molecular flexibility index (Phi) is 11.3. The molecule has 0 aliphatic rings. The summed E-state index contributed by atoms with van der Waals surface area (Å²) < 4.78 is 62.4. The first-order chi connectivity index (χ1) is 22.3. The molecule has 0 unspecified atom stereocenters. The minimum atomic E-state index is -2.91. The van der Waals surface area contributed by atoms with Crippen LogP contribution in [0.5, 0.6) is 11.5 Å². The normalized spacial score (nSPS) is 11.5. The SMILES string of the molecule is CCCCn1c(-c2ccccc2)nc(-c2cccc(Cl)c2)c1CN(Cc1ccc(OC(F)F)cc1)Cc1ccc(OC(F)F)cc1. The zero-order valence-corrected chi connectivity index (χ0v) is 26.0. The molecule has 0 spiro atoms. The first-order valence-electron chi connectivity index (χ1n) is 15.0. The minimum Gasteiger partial charge on any atom is -0.435 e. The van der Waals surface area contributed by atoms with Gasteiger partial charge in [-0.25, -0.2) is 4.98 Å². The van der Waals surface area contributed by atoms with Gasteiger partial charge in [0.1, 0.15) is 17.3 Å². The average Bonchev–Trinajstić information content (AvgIpc) is 3.39. The molecule has 0 aliphatic carbocycles. The molecule has 0 atom stereocenters. The van der Waals surface area contributed by atoms with Crippen molar-refractivity contribution in [2.75, 3.05) is 0 Å². The molecule has 0 saturated carbocycles. The van der Waals surface area contributed by atoms with E-state index in [0.29, 0.717) is 24.7 Å². The summed E-state index contributed by atoms with van der Waals surface area (Å²) in [6.07, 6.45) is 1.93. The van der Waals surface area contributed by atoms with Crippen molar-refractivity contribution in [1.29, 1.82) is 0 Å². The molecule has 0 aliphatic heterocycles. The molecular weight excluding hydrogens is 618 g/mol. The van der Waals surface area contributed by atoms with E-state index in [1.165, 1.54) is 24.3 Å². The van der Waals surface area contributed by atoms with E-state index in [9.17, 15) is 17.6 Å². The van der Waals surface area contributed by atoms with E-state index < -0.39 is 13.2 Å². The van der Waals surface area contributed by atoms with Gasteiger partial charge in [-0.15, -0.1) is 0 Å². The number of halogens is 5. The van der Waals surface area contributed by atoms with Gasteiger partial charge in [0.25, 0.3) is 0 Å². The highest BCUT2D eigenvalue weighted by Crippen LogP contribution is 2.33. The summed E-state index contributed by atoms with van der Waals surface area (Å²) in [7, 11) is 0. The highest BCUT2D eigenvalue weighted by molar-refractivity contribution is 6.30. The number of benzene rings is 4. The van der Waals surface area contributed by atoms with E-state index in [0.717, 1.165) is 58.9 Å². The Hall–Kier alpha value is -4.34. The maximum atomic E-state index is 12.8. The predicted molar refractivity (Wildman–Crippen MR) is 172 cm³/mol. The third-order valence-electron chi connectivity index (χ3n) is 7.42. The lowest BCUT2D eigenvalue weighted by Gasteiger charge is -2.25. The molecule has 46 heavy (non-hydrogen) atoms. The number of aromatic nitrogens is 2. The van der Waals surface area contributed by atoms with Gasteiger partial charge < -0.3 is 14.0 Å². The van der Waals surface area contributed by atoms with E-state index >= 15 is 0 Å².